The fourth-order valence-corrected chi connectivity index (χ4v) is 2.58. The molecule has 0 bridgehead atoms. The van der Waals surface area contributed by atoms with Gasteiger partial charge in [0.25, 0.3) is 0 Å². The summed E-state index contributed by atoms with van der Waals surface area (Å²) in [4.78, 5) is 0. The third-order valence-corrected chi connectivity index (χ3v) is 3.73. The molecule has 21 heavy (non-hydrogen) atoms. The van der Waals surface area contributed by atoms with Crippen molar-refractivity contribution in [1.82, 2.24) is 5.32 Å². The van der Waals surface area contributed by atoms with Gasteiger partial charge in [0.15, 0.2) is 0 Å². The first-order valence-corrected chi connectivity index (χ1v) is 6.87. The number of benzene rings is 2. The van der Waals surface area contributed by atoms with Crippen molar-refractivity contribution in [2.75, 3.05) is 7.05 Å². The van der Waals surface area contributed by atoms with Crippen LogP contribution in [-0.2, 0) is 6.42 Å². The van der Waals surface area contributed by atoms with E-state index in [9.17, 15) is 13.2 Å². The van der Waals surface area contributed by atoms with Crippen molar-refractivity contribution in [3.8, 4) is 0 Å². The van der Waals surface area contributed by atoms with E-state index < -0.39 is 23.5 Å². The molecule has 0 aliphatic rings. The molecule has 5 heteroatoms. The molecule has 0 saturated carbocycles. The molecule has 2 aromatic carbocycles. The summed E-state index contributed by atoms with van der Waals surface area (Å²) >= 11 is 6.15. The lowest BCUT2D eigenvalue weighted by Crippen LogP contribution is -2.22. The molecule has 0 radical (unpaired) electrons. The van der Waals surface area contributed by atoms with Crippen LogP contribution in [0.5, 0.6) is 0 Å². The average Bonchev–Trinajstić information content (AvgIpc) is 2.39. The van der Waals surface area contributed by atoms with Crippen molar-refractivity contribution in [2.24, 2.45) is 0 Å². The summed E-state index contributed by atoms with van der Waals surface area (Å²) in [6, 6.07) is 6.22. The number of likely N-dealkylation sites (N-methyl/N-ethyl adjacent to an activating group) is 1. The Morgan fingerprint density at radius 2 is 1.71 bits per heavy atom. The van der Waals surface area contributed by atoms with Crippen LogP contribution in [0.1, 0.15) is 22.7 Å². The summed E-state index contributed by atoms with van der Waals surface area (Å²) in [6.07, 6.45) is 0.301. The van der Waals surface area contributed by atoms with Gasteiger partial charge < -0.3 is 5.32 Å². The quantitative estimate of drug-likeness (QED) is 0.872. The highest BCUT2D eigenvalue weighted by atomic mass is 35.5. The monoisotopic (exact) mass is 313 g/mol. The zero-order valence-electron chi connectivity index (χ0n) is 11.7. The number of nitrogens with one attached hydrogen (secondary N) is 1. The zero-order valence-corrected chi connectivity index (χ0v) is 12.4. The van der Waals surface area contributed by atoms with Crippen molar-refractivity contribution in [3.63, 3.8) is 0 Å². The van der Waals surface area contributed by atoms with Gasteiger partial charge in [-0.3, -0.25) is 0 Å². The van der Waals surface area contributed by atoms with E-state index in [1.807, 2.05) is 19.1 Å². The minimum absolute atomic E-state index is 0.185. The second kappa shape index (κ2) is 6.50. The van der Waals surface area contributed by atoms with Gasteiger partial charge in [0.1, 0.15) is 17.5 Å². The number of rotatable bonds is 4. The van der Waals surface area contributed by atoms with Crippen LogP contribution in [0.25, 0.3) is 0 Å². The normalized spacial score (nSPS) is 12.5. The number of hydrogen-bond donors (Lipinski definition) is 1. The Morgan fingerprint density at radius 1 is 1.10 bits per heavy atom. The van der Waals surface area contributed by atoms with E-state index in [2.05, 4.69) is 5.32 Å². The molecular weight excluding hydrogens is 299 g/mol. The van der Waals surface area contributed by atoms with Crippen LogP contribution in [0.15, 0.2) is 30.3 Å². The number of hydrogen-bond acceptors (Lipinski definition) is 1. The molecule has 0 aromatic heterocycles. The van der Waals surface area contributed by atoms with Crippen molar-refractivity contribution >= 4 is 11.6 Å². The first-order chi connectivity index (χ1) is 9.92. The van der Waals surface area contributed by atoms with Crippen LogP contribution in [-0.4, -0.2) is 7.05 Å². The summed E-state index contributed by atoms with van der Waals surface area (Å²) in [5.74, 6) is -2.75. The van der Waals surface area contributed by atoms with Crippen LogP contribution >= 0.6 is 11.6 Å². The third kappa shape index (κ3) is 3.57. The molecule has 0 aliphatic carbocycles. The fraction of sp³-hybridized carbons (Fsp3) is 0.250. The summed E-state index contributed by atoms with van der Waals surface area (Å²) in [6.45, 7) is 1.91. The third-order valence-electron chi connectivity index (χ3n) is 3.37. The van der Waals surface area contributed by atoms with E-state index in [0.29, 0.717) is 23.6 Å². The van der Waals surface area contributed by atoms with Gasteiger partial charge in [-0.05, 0) is 37.6 Å². The van der Waals surface area contributed by atoms with Gasteiger partial charge in [0.05, 0.1) is 0 Å². The van der Waals surface area contributed by atoms with Gasteiger partial charge in [-0.15, -0.1) is 0 Å². The summed E-state index contributed by atoms with van der Waals surface area (Å²) in [5.41, 5.74) is 1.59. The minimum Gasteiger partial charge on any atom is -0.313 e. The van der Waals surface area contributed by atoms with Crippen molar-refractivity contribution in [3.05, 3.63) is 69.5 Å². The second-order valence-electron chi connectivity index (χ2n) is 4.92. The SMILES string of the molecule is CNC(Cc1ccc(C)cc1Cl)c1c(F)cc(F)cc1F. The molecule has 1 N–H and O–H groups in total. The summed E-state index contributed by atoms with van der Waals surface area (Å²) in [5, 5.41) is 3.39. The van der Waals surface area contributed by atoms with E-state index in [1.54, 1.807) is 13.1 Å². The molecule has 112 valence electrons. The van der Waals surface area contributed by atoms with E-state index in [0.717, 1.165) is 11.1 Å². The summed E-state index contributed by atoms with van der Waals surface area (Å²) < 4.78 is 40.7. The van der Waals surface area contributed by atoms with Gasteiger partial charge in [0.2, 0.25) is 0 Å². The van der Waals surface area contributed by atoms with Gasteiger partial charge in [-0.2, -0.15) is 0 Å². The highest BCUT2D eigenvalue weighted by molar-refractivity contribution is 6.31. The number of aryl methyl sites for hydroxylation is 1. The maximum Gasteiger partial charge on any atom is 0.133 e. The van der Waals surface area contributed by atoms with Crippen LogP contribution in [0.2, 0.25) is 5.02 Å². The first-order valence-electron chi connectivity index (χ1n) is 6.49. The highest BCUT2D eigenvalue weighted by Crippen LogP contribution is 2.28. The molecule has 1 nitrogen and oxygen atoms in total. The molecule has 0 aliphatic heterocycles. The van der Waals surface area contributed by atoms with Gasteiger partial charge >= 0.3 is 0 Å². The van der Waals surface area contributed by atoms with Crippen LogP contribution in [0.4, 0.5) is 13.2 Å². The molecule has 1 atom stereocenters. The Kier molecular flexibility index (Phi) is 4.91. The standard InChI is InChI=1S/C16H15ClF3N/c1-9-3-4-10(12(17)5-9)6-15(21-2)16-13(19)7-11(18)8-14(16)20/h3-5,7-8,15,21H,6H2,1-2H3. The van der Waals surface area contributed by atoms with Crippen molar-refractivity contribution in [1.29, 1.82) is 0 Å². The topological polar surface area (TPSA) is 12.0 Å². The molecule has 2 aromatic rings. The second-order valence-corrected chi connectivity index (χ2v) is 5.33. The van der Waals surface area contributed by atoms with Crippen molar-refractivity contribution < 1.29 is 13.2 Å². The Hall–Kier alpha value is -1.52. The lowest BCUT2D eigenvalue weighted by atomic mass is 9.97. The van der Waals surface area contributed by atoms with Gasteiger partial charge in [-0.25, -0.2) is 13.2 Å². The van der Waals surface area contributed by atoms with Crippen LogP contribution < -0.4 is 5.32 Å². The molecule has 1 unspecified atom stereocenters. The van der Waals surface area contributed by atoms with Crippen LogP contribution in [0.3, 0.4) is 0 Å². The Bertz CT molecular complexity index is 635. The average molecular weight is 314 g/mol. The number of halogens is 4. The maximum atomic E-state index is 13.9. The van der Waals surface area contributed by atoms with Crippen molar-refractivity contribution in [2.45, 2.75) is 19.4 Å². The molecule has 0 spiro atoms. The maximum absolute atomic E-state index is 13.9. The zero-order chi connectivity index (χ0) is 15.6. The lowest BCUT2D eigenvalue weighted by molar-refractivity contribution is 0.475. The largest absolute Gasteiger partial charge is 0.313 e. The fourth-order valence-electron chi connectivity index (χ4n) is 2.27. The van der Waals surface area contributed by atoms with E-state index in [-0.39, 0.29) is 5.56 Å². The van der Waals surface area contributed by atoms with Gasteiger partial charge in [0, 0.05) is 28.8 Å². The lowest BCUT2D eigenvalue weighted by Gasteiger charge is -2.19. The Balaban J connectivity index is 2.37. The van der Waals surface area contributed by atoms with Gasteiger partial charge in [-0.1, -0.05) is 23.7 Å². The summed E-state index contributed by atoms with van der Waals surface area (Å²) in [7, 11) is 1.59. The van der Waals surface area contributed by atoms with E-state index >= 15 is 0 Å². The molecular formula is C16H15ClF3N. The predicted octanol–water partition coefficient (Wildman–Crippen LogP) is 4.57. The Labute approximate surface area is 126 Å². The van der Waals surface area contributed by atoms with E-state index in [4.69, 9.17) is 11.6 Å². The Morgan fingerprint density at radius 3 is 2.24 bits per heavy atom. The highest BCUT2D eigenvalue weighted by Gasteiger charge is 2.21. The van der Waals surface area contributed by atoms with E-state index in [1.165, 1.54) is 0 Å². The molecule has 0 fully saturated rings. The molecule has 0 saturated heterocycles. The smallest absolute Gasteiger partial charge is 0.133 e. The molecule has 0 heterocycles. The predicted molar refractivity (Wildman–Crippen MR) is 78.0 cm³/mol. The van der Waals surface area contributed by atoms with Crippen LogP contribution in [0, 0.1) is 24.4 Å². The first kappa shape index (κ1) is 15.9. The molecule has 2 rings (SSSR count). The minimum atomic E-state index is -0.933. The molecule has 0 amide bonds.